The van der Waals surface area contributed by atoms with Crippen molar-refractivity contribution in [1.82, 2.24) is 9.80 Å². The normalized spacial score (nSPS) is 15.6. The second kappa shape index (κ2) is 10.3. The molecule has 0 spiro atoms. The molecule has 2 N–H and O–H groups in total. The fourth-order valence-electron chi connectivity index (χ4n) is 5.15. The molecule has 6 nitrogen and oxygen atoms in total. The summed E-state index contributed by atoms with van der Waals surface area (Å²) in [5, 5.41) is 19.3. The molecule has 2 aliphatic rings. The standard InChI is InChI=1S/C27H28BIN2O4/c1-18-25(28(33)34)14-19(15-26(18)29)16-30-10-12-31(13-11-30)27(32)35-17-24-22-8-4-2-6-20(22)21-7-3-5-9-23(21)24/h2-9,14-15,24,33-34H,10-13,16-17H2,1H3. The van der Waals surface area contributed by atoms with E-state index in [1.807, 2.05) is 37.3 Å². The number of carbonyl (C=O) groups excluding carboxylic acids is 1. The van der Waals surface area contributed by atoms with Crippen LogP contribution in [0.3, 0.4) is 0 Å². The summed E-state index contributed by atoms with van der Waals surface area (Å²) in [5.41, 5.74) is 7.35. The minimum absolute atomic E-state index is 0.0627. The summed E-state index contributed by atoms with van der Waals surface area (Å²) >= 11 is 2.23. The summed E-state index contributed by atoms with van der Waals surface area (Å²) in [5.74, 6) is 0.0627. The zero-order valence-corrected chi connectivity index (χ0v) is 21.8. The third-order valence-electron chi connectivity index (χ3n) is 7.10. The van der Waals surface area contributed by atoms with E-state index in [2.05, 4.69) is 57.8 Å². The fraction of sp³-hybridized carbons (Fsp3) is 0.296. The number of halogens is 1. The van der Waals surface area contributed by atoms with E-state index in [-0.39, 0.29) is 12.0 Å². The summed E-state index contributed by atoms with van der Waals surface area (Å²) in [6, 6.07) is 20.6. The maximum absolute atomic E-state index is 12.9. The number of rotatable bonds is 5. The van der Waals surface area contributed by atoms with Crippen molar-refractivity contribution in [3.8, 4) is 11.1 Å². The van der Waals surface area contributed by atoms with Gasteiger partial charge in [-0.25, -0.2) is 4.79 Å². The smallest absolute Gasteiger partial charge is 0.448 e. The highest BCUT2D eigenvalue weighted by Crippen LogP contribution is 2.44. The van der Waals surface area contributed by atoms with Crippen molar-refractivity contribution in [3.05, 3.63) is 86.5 Å². The van der Waals surface area contributed by atoms with E-state index in [1.54, 1.807) is 4.90 Å². The summed E-state index contributed by atoms with van der Waals surface area (Å²) in [7, 11) is -1.48. The van der Waals surface area contributed by atoms with Crippen LogP contribution >= 0.6 is 22.6 Å². The zero-order chi connectivity index (χ0) is 24.5. The van der Waals surface area contributed by atoms with Gasteiger partial charge in [0, 0.05) is 42.2 Å². The van der Waals surface area contributed by atoms with Gasteiger partial charge in [-0.1, -0.05) is 54.6 Å². The molecule has 1 saturated heterocycles. The maximum Gasteiger partial charge on any atom is 0.488 e. The Balaban J connectivity index is 1.17. The van der Waals surface area contributed by atoms with E-state index in [4.69, 9.17) is 4.74 Å². The van der Waals surface area contributed by atoms with Gasteiger partial charge in [0.2, 0.25) is 0 Å². The molecule has 0 aromatic heterocycles. The molecule has 35 heavy (non-hydrogen) atoms. The highest BCUT2D eigenvalue weighted by molar-refractivity contribution is 14.1. The second-order valence-corrected chi connectivity index (χ2v) is 10.4. The van der Waals surface area contributed by atoms with Crippen molar-refractivity contribution < 1.29 is 19.6 Å². The van der Waals surface area contributed by atoms with Crippen LogP contribution in [-0.4, -0.2) is 65.8 Å². The minimum Gasteiger partial charge on any atom is -0.448 e. The molecule has 5 rings (SSSR count). The molecule has 1 amide bonds. The van der Waals surface area contributed by atoms with Crippen molar-refractivity contribution in [3.63, 3.8) is 0 Å². The Labute approximate surface area is 219 Å². The third-order valence-corrected chi connectivity index (χ3v) is 8.22. The largest absolute Gasteiger partial charge is 0.488 e. The van der Waals surface area contributed by atoms with Gasteiger partial charge in [0.1, 0.15) is 6.61 Å². The average molecular weight is 582 g/mol. The summed E-state index contributed by atoms with van der Waals surface area (Å²) in [6.45, 7) is 5.63. The first-order valence-corrected chi connectivity index (χ1v) is 13.0. The predicted molar refractivity (Wildman–Crippen MR) is 146 cm³/mol. The first-order chi connectivity index (χ1) is 16.9. The number of piperazine rings is 1. The lowest BCUT2D eigenvalue weighted by molar-refractivity contribution is 0.0728. The predicted octanol–water partition coefficient (Wildman–Crippen LogP) is 3.35. The summed E-state index contributed by atoms with van der Waals surface area (Å²) in [6.07, 6.45) is -0.262. The number of fused-ring (bicyclic) bond motifs is 3. The number of hydrogen-bond donors (Lipinski definition) is 2. The summed E-state index contributed by atoms with van der Waals surface area (Å²) in [4.78, 5) is 16.9. The van der Waals surface area contributed by atoms with Crippen molar-refractivity contribution >= 4 is 41.3 Å². The van der Waals surface area contributed by atoms with Crippen LogP contribution < -0.4 is 5.46 Å². The fourth-order valence-corrected chi connectivity index (χ4v) is 5.86. The van der Waals surface area contributed by atoms with E-state index in [0.29, 0.717) is 31.7 Å². The van der Waals surface area contributed by atoms with Crippen LogP contribution in [0.25, 0.3) is 11.1 Å². The lowest BCUT2D eigenvalue weighted by Gasteiger charge is -2.34. The van der Waals surface area contributed by atoms with Gasteiger partial charge in [-0.2, -0.15) is 0 Å². The second-order valence-electron chi connectivity index (χ2n) is 9.23. The number of hydrogen-bond acceptors (Lipinski definition) is 5. The lowest BCUT2D eigenvalue weighted by Crippen LogP contribution is -2.48. The van der Waals surface area contributed by atoms with Crippen LogP contribution in [0, 0.1) is 10.5 Å². The number of nitrogens with zero attached hydrogens (tertiary/aromatic N) is 2. The molecule has 0 bridgehead atoms. The van der Waals surface area contributed by atoms with Crippen molar-refractivity contribution in [2.45, 2.75) is 19.4 Å². The maximum atomic E-state index is 12.9. The first-order valence-electron chi connectivity index (χ1n) is 11.9. The Bertz CT molecular complexity index is 1200. The average Bonchev–Trinajstić information content (AvgIpc) is 3.18. The van der Waals surface area contributed by atoms with E-state index in [9.17, 15) is 14.8 Å². The lowest BCUT2D eigenvalue weighted by atomic mass is 9.76. The Morgan fingerprint density at radius 3 is 2.20 bits per heavy atom. The Morgan fingerprint density at radius 1 is 1.00 bits per heavy atom. The molecule has 1 fully saturated rings. The van der Waals surface area contributed by atoms with Gasteiger partial charge in [-0.15, -0.1) is 0 Å². The molecule has 0 unspecified atom stereocenters. The van der Waals surface area contributed by atoms with Gasteiger partial charge in [0.25, 0.3) is 0 Å². The van der Waals surface area contributed by atoms with E-state index < -0.39 is 7.12 Å². The van der Waals surface area contributed by atoms with Gasteiger partial charge < -0.3 is 19.7 Å². The molecule has 1 aliphatic heterocycles. The van der Waals surface area contributed by atoms with Crippen LogP contribution in [0.15, 0.2) is 60.7 Å². The quantitative estimate of drug-likeness (QED) is 0.357. The Kier molecular flexibility index (Phi) is 7.15. The molecule has 8 heteroatoms. The molecule has 1 heterocycles. The molecule has 3 aromatic carbocycles. The monoisotopic (exact) mass is 582 g/mol. The number of ether oxygens (including phenoxy) is 1. The van der Waals surface area contributed by atoms with Crippen LogP contribution in [0.4, 0.5) is 4.79 Å². The minimum atomic E-state index is -1.48. The van der Waals surface area contributed by atoms with Gasteiger partial charge in [-0.05, 0) is 74.4 Å². The van der Waals surface area contributed by atoms with Gasteiger partial charge >= 0.3 is 13.2 Å². The van der Waals surface area contributed by atoms with Gasteiger partial charge in [-0.3, -0.25) is 4.90 Å². The highest BCUT2D eigenvalue weighted by atomic mass is 127. The van der Waals surface area contributed by atoms with Crippen LogP contribution in [0.1, 0.15) is 28.2 Å². The van der Waals surface area contributed by atoms with Crippen molar-refractivity contribution in [2.24, 2.45) is 0 Å². The van der Waals surface area contributed by atoms with E-state index >= 15 is 0 Å². The number of amides is 1. The molecular formula is C27H28BIN2O4. The van der Waals surface area contributed by atoms with E-state index in [1.165, 1.54) is 22.3 Å². The zero-order valence-electron chi connectivity index (χ0n) is 19.7. The Morgan fingerprint density at radius 2 is 1.60 bits per heavy atom. The SMILES string of the molecule is Cc1c(I)cc(CN2CCN(C(=O)OCC3c4ccccc4-c4ccccc43)CC2)cc1B(O)O. The van der Waals surface area contributed by atoms with Crippen LogP contribution in [-0.2, 0) is 11.3 Å². The van der Waals surface area contributed by atoms with Crippen molar-refractivity contribution in [2.75, 3.05) is 32.8 Å². The Hall–Kier alpha value is -2.40. The number of carbonyl (C=O) groups is 1. The first kappa shape index (κ1) is 24.3. The van der Waals surface area contributed by atoms with Gasteiger partial charge in [0.05, 0.1) is 0 Å². The molecule has 0 saturated carbocycles. The van der Waals surface area contributed by atoms with Crippen molar-refractivity contribution in [1.29, 1.82) is 0 Å². The third kappa shape index (κ3) is 4.98. The highest BCUT2D eigenvalue weighted by Gasteiger charge is 2.30. The van der Waals surface area contributed by atoms with Crippen LogP contribution in [0.2, 0.25) is 0 Å². The topological polar surface area (TPSA) is 73.2 Å². The van der Waals surface area contributed by atoms with Crippen LogP contribution in [0.5, 0.6) is 0 Å². The molecular weight excluding hydrogens is 554 g/mol. The van der Waals surface area contributed by atoms with Gasteiger partial charge in [0.15, 0.2) is 0 Å². The molecule has 0 radical (unpaired) electrons. The molecule has 3 aromatic rings. The molecule has 1 aliphatic carbocycles. The number of benzene rings is 3. The summed E-state index contributed by atoms with van der Waals surface area (Å²) < 4.78 is 6.83. The van der Waals surface area contributed by atoms with E-state index in [0.717, 1.165) is 27.8 Å². The molecule has 180 valence electrons. The molecule has 0 atom stereocenters.